The van der Waals surface area contributed by atoms with Crippen molar-refractivity contribution >= 4 is 11.8 Å². The monoisotopic (exact) mass is 295 g/mol. The van der Waals surface area contributed by atoms with Crippen LogP contribution in [0.2, 0.25) is 0 Å². The smallest absolute Gasteiger partial charge is 0.296 e. The molecule has 0 radical (unpaired) electrons. The minimum absolute atomic E-state index is 0.00400. The fourth-order valence-electron chi connectivity index (χ4n) is 2.57. The highest BCUT2D eigenvalue weighted by atomic mass is 16.5. The Hall–Kier alpha value is -2.00. The van der Waals surface area contributed by atoms with Crippen LogP contribution in [0.15, 0.2) is 4.52 Å². The van der Waals surface area contributed by atoms with Crippen molar-refractivity contribution in [3.8, 4) is 0 Å². The Balaban J connectivity index is 1.76. The lowest BCUT2D eigenvalue weighted by atomic mass is 10.2. The quantitative estimate of drug-likeness (QED) is 0.719. The first-order chi connectivity index (χ1) is 10.2. The van der Waals surface area contributed by atoms with Crippen molar-refractivity contribution in [2.24, 2.45) is 5.73 Å². The second-order valence-corrected chi connectivity index (χ2v) is 5.10. The summed E-state index contributed by atoms with van der Waals surface area (Å²) in [5.74, 6) is -0.717. The number of hydrogen-bond donors (Lipinski definition) is 2. The third-order valence-electron chi connectivity index (χ3n) is 3.71. The summed E-state index contributed by atoms with van der Waals surface area (Å²) in [5.41, 5.74) is 5.29. The molecule has 21 heavy (non-hydrogen) atoms. The van der Waals surface area contributed by atoms with Crippen molar-refractivity contribution in [1.29, 1.82) is 0 Å². The molecule has 2 fully saturated rings. The fourth-order valence-corrected chi connectivity index (χ4v) is 2.57. The van der Waals surface area contributed by atoms with Crippen molar-refractivity contribution in [2.45, 2.75) is 24.9 Å². The zero-order valence-electron chi connectivity index (χ0n) is 11.4. The molecule has 3 heterocycles. The average Bonchev–Trinajstić information content (AvgIpc) is 3.17. The highest BCUT2D eigenvalue weighted by Gasteiger charge is 2.34. The van der Waals surface area contributed by atoms with Crippen LogP contribution in [0.3, 0.4) is 0 Å². The van der Waals surface area contributed by atoms with Gasteiger partial charge >= 0.3 is 0 Å². The maximum atomic E-state index is 12.4. The van der Waals surface area contributed by atoms with Gasteiger partial charge in [-0.1, -0.05) is 5.16 Å². The molecule has 114 valence electrons. The molecule has 0 saturated carbocycles. The molecule has 0 aromatic carbocycles. The van der Waals surface area contributed by atoms with Gasteiger partial charge in [-0.25, -0.2) is 0 Å². The summed E-state index contributed by atoms with van der Waals surface area (Å²) in [5, 5.41) is 6.94. The predicted octanol–water partition coefficient (Wildman–Crippen LogP) is -1.18. The average molecular weight is 295 g/mol. The Kier molecular flexibility index (Phi) is 3.84. The normalized spacial score (nSPS) is 26.0. The second kappa shape index (κ2) is 5.78. The van der Waals surface area contributed by atoms with Crippen LogP contribution in [-0.2, 0) is 9.53 Å². The van der Waals surface area contributed by atoms with Crippen LogP contribution in [0, 0.1) is 0 Å². The van der Waals surface area contributed by atoms with Gasteiger partial charge in [0.2, 0.25) is 11.8 Å². The molecule has 0 spiro atoms. The first-order valence-electron chi connectivity index (χ1n) is 6.92. The van der Waals surface area contributed by atoms with E-state index in [1.165, 1.54) is 4.90 Å². The van der Waals surface area contributed by atoms with Crippen molar-refractivity contribution in [3.63, 3.8) is 0 Å². The Labute approximate surface area is 120 Å². The van der Waals surface area contributed by atoms with E-state index in [-0.39, 0.29) is 25.0 Å². The molecule has 3 rings (SSSR count). The largest absolute Gasteiger partial charge is 0.377 e. The zero-order valence-corrected chi connectivity index (χ0v) is 11.4. The third-order valence-corrected chi connectivity index (χ3v) is 3.71. The minimum Gasteiger partial charge on any atom is -0.377 e. The third kappa shape index (κ3) is 2.74. The maximum absolute atomic E-state index is 12.4. The number of rotatable bonds is 3. The van der Waals surface area contributed by atoms with E-state index in [9.17, 15) is 9.59 Å². The first-order valence-corrected chi connectivity index (χ1v) is 6.92. The topological polar surface area (TPSA) is 124 Å². The molecule has 3 N–H and O–H groups in total. The van der Waals surface area contributed by atoms with Crippen molar-refractivity contribution < 1.29 is 18.8 Å². The number of carbonyl (C=O) groups excluding carboxylic acids is 2. The van der Waals surface area contributed by atoms with Gasteiger partial charge < -0.3 is 25.2 Å². The lowest BCUT2D eigenvalue weighted by Gasteiger charge is -2.32. The maximum Gasteiger partial charge on any atom is 0.296 e. The van der Waals surface area contributed by atoms with Gasteiger partial charge in [0.25, 0.3) is 11.7 Å². The van der Waals surface area contributed by atoms with Gasteiger partial charge in [0.05, 0.1) is 19.3 Å². The van der Waals surface area contributed by atoms with Crippen LogP contribution < -0.4 is 11.1 Å². The Bertz CT molecular complexity index is 540. The van der Waals surface area contributed by atoms with Gasteiger partial charge in [-0.3, -0.25) is 9.59 Å². The zero-order chi connectivity index (χ0) is 14.8. The number of aromatic nitrogens is 2. The first kappa shape index (κ1) is 14.0. The molecule has 2 aliphatic rings. The molecule has 2 aliphatic heterocycles. The van der Waals surface area contributed by atoms with Crippen LogP contribution >= 0.6 is 0 Å². The number of nitrogens with zero attached hydrogens (tertiary/aromatic N) is 3. The molecular weight excluding hydrogens is 278 g/mol. The molecular formula is C12H17N5O4. The Morgan fingerprint density at radius 3 is 3.00 bits per heavy atom. The minimum atomic E-state index is -0.794. The summed E-state index contributed by atoms with van der Waals surface area (Å²) in [6, 6.07) is -0.798. The number of carbonyl (C=O) groups is 2. The van der Waals surface area contributed by atoms with E-state index in [4.69, 9.17) is 15.0 Å². The standard InChI is InChI=1S/C12H17N5O4/c13-9(18)8-6-20-5-4-17(8)12(19)10-15-11(21-16-10)7-2-1-3-14-7/h7-8,14H,1-6H2,(H2,13,18). The van der Waals surface area contributed by atoms with E-state index >= 15 is 0 Å². The van der Waals surface area contributed by atoms with Crippen LogP contribution in [0.5, 0.6) is 0 Å². The van der Waals surface area contributed by atoms with Crippen molar-refractivity contribution in [1.82, 2.24) is 20.4 Å². The van der Waals surface area contributed by atoms with Crippen molar-refractivity contribution in [3.05, 3.63) is 11.7 Å². The number of hydrogen-bond acceptors (Lipinski definition) is 7. The molecule has 2 unspecified atom stereocenters. The molecule has 0 bridgehead atoms. The molecule has 9 nitrogen and oxygen atoms in total. The molecule has 9 heteroatoms. The van der Waals surface area contributed by atoms with Gasteiger partial charge in [0.15, 0.2) is 0 Å². The molecule has 1 aromatic heterocycles. The fraction of sp³-hybridized carbons (Fsp3) is 0.667. The Morgan fingerprint density at radius 2 is 2.29 bits per heavy atom. The summed E-state index contributed by atoms with van der Waals surface area (Å²) >= 11 is 0. The van der Waals surface area contributed by atoms with Gasteiger partial charge in [-0.15, -0.1) is 0 Å². The van der Waals surface area contributed by atoms with Crippen molar-refractivity contribution in [2.75, 3.05) is 26.3 Å². The molecule has 2 saturated heterocycles. The molecule has 1 aromatic rings. The van der Waals surface area contributed by atoms with E-state index in [0.29, 0.717) is 12.5 Å². The van der Waals surface area contributed by atoms with E-state index in [1.807, 2.05) is 0 Å². The van der Waals surface area contributed by atoms with Gasteiger partial charge in [-0.05, 0) is 19.4 Å². The number of amides is 2. The SMILES string of the molecule is NC(=O)C1COCCN1C(=O)c1noc(C2CCCN2)n1. The molecule has 0 aliphatic carbocycles. The summed E-state index contributed by atoms with van der Waals surface area (Å²) < 4.78 is 10.3. The Morgan fingerprint density at radius 1 is 1.43 bits per heavy atom. The lowest BCUT2D eigenvalue weighted by molar-refractivity contribution is -0.127. The number of ether oxygens (including phenoxy) is 1. The predicted molar refractivity (Wildman–Crippen MR) is 69.1 cm³/mol. The summed E-state index contributed by atoms with van der Waals surface area (Å²) in [6.45, 7) is 1.61. The van der Waals surface area contributed by atoms with Crippen LogP contribution in [0.25, 0.3) is 0 Å². The van der Waals surface area contributed by atoms with Crippen LogP contribution in [0.1, 0.15) is 35.4 Å². The number of primary amides is 1. The molecule has 2 amide bonds. The van der Waals surface area contributed by atoms with E-state index in [2.05, 4.69) is 15.5 Å². The van der Waals surface area contributed by atoms with E-state index < -0.39 is 17.9 Å². The van der Waals surface area contributed by atoms with Gasteiger partial charge in [0.1, 0.15) is 6.04 Å². The molecule has 2 atom stereocenters. The highest BCUT2D eigenvalue weighted by Crippen LogP contribution is 2.21. The van der Waals surface area contributed by atoms with E-state index in [0.717, 1.165) is 19.4 Å². The highest BCUT2D eigenvalue weighted by molar-refractivity contribution is 5.94. The lowest BCUT2D eigenvalue weighted by Crippen LogP contribution is -2.54. The number of nitrogens with one attached hydrogen (secondary N) is 1. The summed E-state index contributed by atoms with van der Waals surface area (Å²) in [7, 11) is 0. The van der Waals surface area contributed by atoms with Crippen LogP contribution in [0.4, 0.5) is 0 Å². The number of nitrogens with two attached hydrogens (primary N) is 1. The van der Waals surface area contributed by atoms with Gasteiger partial charge in [-0.2, -0.15) is 4.98 Å². The van der Waals surface area contributed by atoms with E-state index in [1.54, 1.807) is 0 Å². The van der Waals surface area contributed by atoms with Crippen LogP contribution in [-0.4, -0.2) is 59.2 Å². The second-order valence-electron chi connectivity index (χ2n) is 5.10. The summed E-state index contributed by atoms with van der Waals surface area (Å²) in [6.07, 6.45) is 1.93. The number of morpholine rings is 1. The summed E-state index contributed by atoms with van der Waals surface area (Å²) in [4.78, 5) is 29.3. The van der Waals surface area contributed by atoms with Gasteiger partial charge in [0, 0.05) is 6.54 Å².